The average Bonchev–Trinajstić information content (AvgIpc) is 2.91. The number of aromatic amines is 1. The zero-order valence-corrected chi connectivity index (χ0v) is 13.2. The van der Waals surface area contributed by atoms with Gasteiger partial charge in [-0.1, -0.05) is 45.9 Å². The van der Waals surface area contributed by atoms with Gasteiger partial charge in [0.15, 0.2) is 0 Å². The summed E-state index contributed by atoms with van der Waals surface area (Å²) in [5.41, 5.74) is 7.48. The summed E-state index contributed by atoms with van der Waals surface area (Å²) in [6.45, 7) is 8.00. The third-order valence-electron chi connectivity index (χ3n) is 2.79. The average molecular weight is 277 g/mol. The first-order valence-corrected chi connectivity index (χ1v) is 7.24. The van der Waals surface area contributed by atoms with E-state index in [1.807, 2.05) is 58.2 Å². The van der Waals surface area contributed by atoms with Crippen molar-refractivity contribution < 1.29 is 4.79 Å². The number of aromatic nitrogens is 1. The summed E-state index contributed by atoms with van der Waals surface area (Å²) >= 11 is 0. The standard InChI is InChI=1S/C12H15N3O.2C2H6/c1-14-11(12(13)16)6-8-7-15-10-5-3-2-4-9(8)10;2*1-2/h2-5,7,11,14-15H,6H2,1H3,(H2,13,16);2*1-2H3. The molecule has 4 nitrogen and oxygen atoms in total. The Labute approximate surface area is 121 Å². The maximum Gasteiger partial charge on any atom is 0.234 e. The zero-order chi connectivity index (χ0) is 15.5. The third kappa shape index (κ3) is 4.70. The van der Waals surface area contributed by atoms with Crippen LogP contribution in [-0.4, -0.2) is 24.0 Å². The van der Waals surface area contributed by atoms with Crippen molar-refractivity contribution in [1.29, 1.82) is 0 Å². The summed E-state index contributed by atoms with van der Waals surface area (Å²) < 4.78 is 0. The molecule has 0 fully saturated rings. The molecular formula is C16H27N3O. The molecule has 20 heavy (non-hydrogen) atoms. The van der Waals surface area contributed by atoms with Crippen molar-refractivity contribution in [1.82, 2.24) is 10.3 Å². The van der Waals surface area contributed by atoms with Crippen molar-refractivity contribution in [3.63, 3.8) is 0 Å². The van der Waals surface area contributed by atoms with E-state index in [4.69, 9.17) is 5.73 Å². The molecule has 1 aromatic carbocycles. The second-order valence-electron chi connectivity index (χ2n) is 3.81. The van der Waals surface area contributed by atoms with E-state index in [0.717, 1.165) is 16.5 Å². The molecular weight excluding hydrogens is 250 g/mol. The molecule has 0 saturated heterocycles. The lowest BCUT2D eigenvalue weighted by Crippen LogP contribution is -2.40. The summed E-state index contributed by atoms with van der Waals surface area (Å²) in [4.78, 5) is 14.3. The van der Waals surface area contributed by atoms with E-state index in [-0.39, 0.29) is 11.9 Å². The quantitative estimate of drug-likeness (QED) is 0.804. The number of H-pyrrole nitrogens is 1. The van der Waals surface area contributed by atoms with Crippen molar-refractivity contribution in [2.45, 2.75) is 40.2 Å². The highest BCUT2D eigenvalue weighted by atomic mass is 16.1. The van der Waals surface area contributed by atoms with E-state index in [1.54, 1.807) is 7.05 Å². The molecule has 0 aliphatic rings. The smallest absolute Gasteiger partial charge is 0.234 e. The van der Waals surface area contributed by atoms with E-state index in [9.17, 15) is 4.79 Å². The summed E-state index contributed by atoms with van der Waals surface area (Å²) in [7, 11) is 1.74. The molecule has 1 heterocycles. The first-order valence-electron chi connectivity index (χ1n) is 7.24. The molecule has 4 N–H and O–H groups in total. The summed E-state index contributed by atoms with van der Waals surface area (Å²) in [6.07, 6.45) is 2.54. The van der Waals surface area contributed by atoms with Gasteiger partial charge in [-0.05, 0) is 25.1 Å². The fourth-order valence-corrected chi connectivity index (χ4v) is 1.87. The van der Waals surface area contributed by atoms with Crippen LogP contribution in [0.25, 0.3) is 10.9 Å². The van der Waals surface area contributed by atoms with E-state index in [1.165, 1.54) is 0 Å². The fourth-order valence-electron chi connectivity index (χ4n) is 1.87. The number of amides is 1. The molecule has 1 unspecified atom stereocenters. The molecule has 1 aromatic heterocycles. The van der Waals surface area contributed by atoms with Gasteiger partial charge in [0.1, 0.15) is 0 Å². The first kappa shape index (κ1) is 18.2. The summed E-state index contributed by atoms with van der Waals surface area (Å²) in [5.74, 6) is -0.326. The second-order valence-corrected chi connectivity index (χ2v) is 3.81. The van der Waals surface area contributed by atoms with E-state index >= 15 is 0 Å². The number of nitrogens with one attached hydrogen (secondary N) is 2. The minimum Gasteiger partial charge on any atom is -0.368 e. The van der Waals surface area contributed by atoms with Crippen LogP contribution >= 0.6 is 0 Å². The van der Waals surface area contributed by atoms with Gasteiger partial charge in [-0.3, -0.25) is 4.79 Å². The van der Waals surface area contributed by atoms with Gasteiger partial charge in [-0.25, -0.2) is 0 Å². The molecule has 2 aromatic rings. The van der Waals surface area contributed by atoms with Crippen LogP contribution in [0.3, 0.4) is 0 Å². The number of hydrogen-bond donors (Lipinski definition) is 3. The lowest BCUT2D eigenvalue weighted by molar-refractivity contribution is -0.119. The highest BCUT2D eigenvalue weighted by Crippen LogP contribution is 2.18. The number of fused-ring (bicyclic) bond motifs is 1. The van der Waals surface area contributed by atoms with Crippen LogP contribution in [0.1, 0.15) is 33.3 Å². The number of carbonyl (C=O) groups excluding carboxylic acids is 1. The number of para-hydroxylation sites is 1. The highest BCUT2D eigenvalue weighted by molar-refractivity contribution is 5.85. The SMILES string of the molecule is CC.CC.CNC(Cc1c[nH]c2ccccc12)C(N)=O. The van der Waals surface area contributed by atoms with E-state index < -0.39 is 0 Å². The normalized spacial score (nSPS) is 10.8. The van der Waals surface area contributed by atoms with Gasteiger partial charge in [0.05, 0.1) is 6.04 Å². The molecule has 0 aliphatic heterocycles. The van der Waals surface area contributed by atoms with Crippen LogP contribution in [0.15, 0.2) is 30.5 Å². The number of primary amides is 1. The maximum atomic E-state index is 11.1. The maximum absolute atomic E-state index is 11.1. The minimum absolute atomic E-state index is 0.320. The molecule has 0 radical (unpaired) electrons. The Kier molecular flexibility index (Phi) is 9.13. The number of rotatable bonds is 4. The van der Waals surface area contributed by atoms with Crippen LogP contribution in [0.2, 0.25) is 0 Å². The van der Waals surface area contributed by atoms with Gasteiger partial charge in [-0.2, -0.15) is 0 Å². The van der Waals surface area contributed by atoms with Crippen molar-refractivity contribution in [2.24, 2.45) is 5.73 Å². The Balaban J connectivity index is 0.000000829. The van der Waals surface area contributed by atoms with Crippen LogP contribution in [0, 0.1) is 0 Å². The number of benzene rings is 1. The largest absolute Gasteiger partial charge is 0.368 e. The van der Waals surface area contributed by atoms with Crippen LogP contribution in [0.4, 0.5) is 0 Å². The molecule has 0 aliphatic carbocycles. The van der Waals surface area contributed by atoms with Gasteiger partial charge in [0, 0.05) is 17.1 Å². The second kappa shape index (κ2) is 10.0. The van der Waals surface area contributed by atoms with Crippen LogP contribution < -0.4 is 11.1 Å². The zero-order valence-electron chi connectivity index (χ0n) is 13.2. The monoisotopic (exact) mass is 277 g/mol. The third-order valence-corrected chi connectivity index (χ3v) is 2.79. The Hall–Kier alpha value is -1.81. The molecule has 4 heteroatoms. The Morgan fingerprint density at radius 2 is 1.85 bits per heavy atom. The molecule has 112 valence electrons. The molecule has 0 saturated carbocycles. The predicted octanol–water partition coefficient (Wildman–Crippen LogP) is 2.84. The predicted molar refractivity (Wildman–Crippen MR) is 86.7 cm³/mol. The topological polar surface area (TPSA) is 70.9 Å². The minimum atomic E-state index is -0.326. The molecule has 0 spiro atoms. The van der Waals surface area contributed by atoms with Gasteiger partial charge in [-0.15, -0.1) is 0 Å². The highest BCUT2D eigenvalue weighted by Gasteiger charge is 2.15. The van der Waals surface area contributed by atoms with Crippen molar-refractivity contribution in [3.05, 3.63) is 36.0 Å². The lowest BCUT2D eigenvalue weighted by atomic mass is 10.0. The molecule has 0 bridgehead atoms. The molecule has 1 amide bonds. The van der Waals surface area contributed by atoms with E-state index in [2.05, 4.69) is 10.3 Å². The summed E-state index contributed by atoms with van der Waals surface area (Å²) in [5, 5.41) is 4.06. The van der Waals surface area contributed by atoms with Gasteiger partial charge < -0.3 is 16.0 Å². The Morgan fingerprint density at radius 1 is 1.25 bits per heavy atom. The fraction of sp³-hybridized carbons (Fsp3) is 0.438. The Bertz CT molecular complexity index is 505. The van der Waals surface area contributed by atoms with Gasteiger partial charge in [0.2, 0.25) is 5.91 Å². The van der Waals surface area contributed by atoms with Crippen LogP contribution in [-0.2, 0) is 11.2 Å². The lowest BCUT2D eigenvalue weighted by Gasteiger charge is -2.10. The first-order chi connectivity index (χ1) is 9.72. The van der Waals surface area contributed by atoms with Crippen molar-refractivity contribution in [3.8, 4) is 0 Å². The number of nitrogens with two attached hydrogens (primary N) is 1. The summed E-state index contributed by atoms with van der Waals surface area (Å²) in [6, 6.07) is 7.69. The van der Waals surface area contributed by atoms with Crippen LogP contribution in [0.5, 0.6) is 0 Å². The van der Waals surface area contributed by atoms with Crippen molar-refractivity contribution >= 4 is 16.8 Å². The molecule has 2 rings (SSSR count). The number of likely N-dealkylation sites (N-methyl/N-ethyl adjacent to an activating group) is 1. The van der Waals surface area contributed by atoms with Gasteiger partial charge in [0.25, 0.3) is 0 Å². The Morgan fingerprint density at radius 3 is 2.40 bits per heavy atom. The van der Waals surface area contributed by atoms with Crippen molar-refractivity contribution in [2.75, 3.05) is 7.05 Å². The van der Waals surface area contributed by atoms with Gasteiger partial charge >= 0.3 is 0 Å². The molecule has 1 atom stereocenters. The number of hydrogen-bond acceptors (Lipinski definition) is 2. The number of carbonyl (C=O) groups is 1. The van der Waals surface area contributed by atoms with E-state index in [0.29, 0.717) is 6.42 Å².